The Morgan fingerprint density at radius 2 is 1.79 bits per heavy atom. The topological polar surface area (TPSA) is 44.8 Å². The molecule has 1 saturated heterocycles. The molecule has 150 valence electrons. The fraction of sp³-hybridized carbons (Fsp3) is 0.409. The molecule has 2 aromatic carbocycles. The van der Waals surface area contributed by atoms with E-state index in [0.717, 1.165) is 44.2 Å². The standard InChI is InChI=1S/C22H28ClN3O2/c1-4-25-11-13-26(14-12-25)21-10-7-18(15-20(21)23)24-22(27)17-5-8-19(9-6-17)28-16(2)3/h5-10,15-16H,4,11-14H2,1-3H3,(H,24,27). The molecular weight excluding hydrogens is 374 g/mol. The van der Waals surface area contributed by atoms with Crippen LogP contribution < -0.4 is 15.0 Å². The molecule has 3 rings (SSSR count). The summed E-state index contributed by atoms with van der Waals surface area (Å²) in [4.78, 5) is 17.2. The lowest BCUT2D eigenvalue weighted by Crippen LogP contribution is -2.46. The van der Waals surface area contributed by atoms with Crippen LogP contribution in [0.4, 0.5) is 11.4 Å². The number of anilines is 2. The van der Waals surface area contributed by atoms with Crippen molar-refractivity contribution in [1.82, 2.24) is 4.90 Å². The molecule has 0 saturated carbocycles. The molecule has 0 bridgehead atoms. The maximum Gasteiger partial charge on any atom is 0.255 e. The summed E-state index contributed by atoms with van der Waals surface area (Å²) in [5.41, 5.74) is 2.28. The molecule has 6 heteroatoms. The van der Waals surface area contributed by atoms with E-state index in [1.54, 1.807) is 24.3 Å². The number of carbonyl (C=O) groups is 1. The van der Waals surface area contributed by atoms with Crippen molar-refractivity contribution in [3.8, 4) is 5.75 Å². The number of halogens is 1. The van der Waals surface area contributed by atoms with Crippen molar-refractivity contribution in [1.29, 1.82) is 0 Å². The van der Waals surface area contributed by atoms with Crippen LogP contribution in [-0.2, 0) is 0 Å². The second-order valence-electron chi connectivity index (χ2n) is 7.23. The van der Waals surface area contributed by atoms with Crippen LogP contribution in [0.2, 0.25) is 5.02 Å². The number of likely N-dealkylation sites (N-methyl/N-ethyl adjacent to an activating group) is 1. The minimum Gasteiger partial charge on any atom is -0.491 e. The summed E-state index contributed by atoms with van der Waals surface area (Å²) in [5.74, 6) is 0.582. The summed E-state index contributed by atoms with van der Waals surface area (Å²) in [6, 6.07) is 12.8. The maximum absolute atomic E-state index is 12.5. The second-order valence-corrected chi connectivity index (χ2v) is 7.64. The zero-order chi connectivity index (χ0) is 20.1. The summed E-state index contributed by atoms with van der Waals surface area (Å²) >= 11 is 6.51. The number of ether oxygens (including phenoxy) is 1. The summed E-state index contributed by atoms with van der Waals surface area (Å²) in [6.45, 7) is 11.2. The molecule has 0 radical (unpaired) electrons. The molecule has 1 fully saturated rings. The third-order valence-corrected chi connectivity index (χ3v) is 5.16. The highest BCUT2D eigenvalue weighted by molar-refractivity contribution is 6.33. The highest BCUT2D eigenvalue weighted by Crippen LogP contribution is 2.30. The van der Waals surface area contributed by atoms with Gasteiger partial charge in [0.05, 0.1) is 16.8 Å². The van der Waals surface area contributed by atoms with E-state index < -0.39 is 0 Å². The SMILES string of the molecule is CCN1CCN(c2ccc(NC(=O)c3ccc(OC(C)C)cc3)cc2Cl)CC1. The zero-order valence-corrected chi connectivity index (χ0v) is 17.5. The number of nitrogens with one attached hydrogen (secondary N) is 1. The molecule has 0 atom stereocenters. The zero-order valence-electron chi connectivity index (χ0n) is 16.7. The van der Waals surface area contributed by atoms with Crippen molar-refractivity contribution in [2.24, 2.45) is 0 Å². The van der Waals surface area contributed by atoms with Crippen LogP contribution in [0.1, 0.15) is 31.1 Å². The van der Waals surface area contributed by atoms with Crippen molar-refractivity contribution in [3.05, 3.63) is 53.1 Å². The predicted molar refractivity (Wildman–Crippen MR) is 116 cm³/mol. The van der Waals surface area contributed by atoms with Gasteiger partial charge >= 0.3 is 0 Å². The van der Waals surface area contributed by atoms with Gasteiger partial charge in [0.25, 0.3) is 5.91 Å². The molecule has 1 N–H and O–H groups in total. The Balaban J connectivity index is 1.63. The fourth-order valence-electron chi connectivity index (χ4n) is 3.31. The predicted octanol–water partition coefficient (Wildman–Crippen LogP) is 4.52. The van der Waals surface area contributed by atoms with Gasteiger partial charge in [-0.25, -0.2) is 0 Å². The molecule has 0 spiro atoms. The van der Waals surface area contributed by atoms with Crippen LogP contribution in [0.15, 0.2) is 42.5 Å². The van der Waals surface area contributed by atoms with Crippen LogP contribution >= 0.6 is 11.6 Å². The molecule has 0 aliphatic carbocycles. The first-order valence-corrected chi connectivity index (χ1v) is 10.2. The third kappa shape index (κ3) is 5.18. The number of carbonyl (C=O) groups excluding carboxylic acids is 1. The van der Waals surface area contributed by atoms with Crippen LogP contribution in [0.25, 0.3) is 0 Å². The molecule has 1 amide bonds. The number of benzene rings is 2. The Hall–Kier alpha value is -2.24. The maximum atomic E-state index is 12.5. The van der Waals surface area contributed by atoms with Gasteiger partial charge in [-0.05, 0) is 62.9 Å². The fourth-order valence-corrected chi connectivity index (χ4v) is 3.61. The van der Waals surface area contributed by atoms with Crippen LogP contribution in [0, 0.1) is 0 Å². The van der Waals surface area contributed by atoms with Gasteiger partial charge in [-0.1, -0.05) is 18.5 Å². The second kappa shape index (κ2) is 9.30. The Kier molecular flexibility index (Phi) is 6.81. The van der Waals surface area contributed by atoms with Crippen molar-refractivity contribution < 1.29 is 9.53 Å². The van der Waals surface area contributed by atoms with Crippen molar-refractivity contribution in [2.75, 3.05) is 42.9 Å². The van der Waals surface area contributed by atoms with Gasteiger partial charge in [-0.2, -0.15) is 0 Å². The van der Waals surface area contributed by atoms with Crippen LogP contribution in [0.3, 0.4) is 0 Å². The number of amides is 1. The van der Waals surface area contributed by atoms with E-state index in [9.17, 15) is 4.79 Å². The Morgan fingerprint density at radius 3 is 2.36 bits per heavy atom. The highest BCUT2D eigenvalue weighted by Gasteiger charge is 2.18. The van der Waals surface area contributed by atoms with E-state index in [1.165, 1.54) is 0 Å². The van der Waals surface area contributed by atoms with Gasteiger partial charge < -0.3 is 19.9 Å². The number of nitrogens with zero attached hydrogens (tertiary/aromatic N) is 2. The van der Waals surface area contributed by atoms with Gasteiger partial charge in [0, 0.05) is 37.4 Å². The lowest BCUT2D eigenvalue weighted by molar-refractivity contribution is 0.102. The molecular formula is C22H28ClN3O2. The average Bonchev–Trinajstić information content (AvgIpc) is 2.68. The summed E-state index contributed by atoms with van der Waals surface area (Å²) in [7, 11) is 0. The van der Waals surface area contributed by atoms with E-state index in [-0.39, 0.29) is 12.0 Å². The minimum absolute atomic E-state index is 0.102. The normalized spacial score (nSPS) is 15.0. The molecule has 5 nitrogen and oxygen atoms in total. The first-order chi connectivity index (χ1) is 13.5. The number of piperazine rings is 1. The van der Waals surface area contributed by atoms with Crippen LogP contribution in [0.5, 0.6) is 5.75 Å². The Bertz CT molecular complexity index is 800. The molecule has 1 aliphatic rings. The van der Waals surface area contributed by atoms with Gasteiger partial charge in [0.15, 0.2) is 0 Å². The van der Waals surface area contributed by atoms with E-state index in [1.807, 2.05) is 32.0 Å². The lowest BCUT2D eigenvalue weighted by Gasteiger charge is -2.36. The van der Waals surface area contributed by atoms with Gasteiger partial charge in [0.1, 0.15) is 5.75 Å². The van der Waals surface area contributed by atoms with Gasteiger partial charge in [-0.3, -0.25) is 4.79 Å². The summed E-state index contributed by atoms with van der Waals surface area (Å²) in [5, 5.41) is 3.57. The van der Waals surface area contributed by atoms with Crippen LogP contribution in [-0.4, -0.2) is 49.6 Å². The smallest absolute Gasteiger partial charge is 0.255 e. The molecule has 2 aromatic rings. The molecule has 28 heavy (non-hydrogen) atoms. The third-order valence-electron chi connectivity index (χ3n) is 4.85. The largest absolute Gasteiger partial charge is 0.491 e. The quantitative estimate of drug-likeness (QED) is 0.772. The van der Waals surface area contributed by atoms with E-state index in [2.05, 4.69) is 22.0 Å². The average molecular weight is 402 g/mol. The van der Waals surface area contributed by atoms with Crippen molar-refractivity contribution >= 4 is 28.9 Å². The minimum atomic E-state index is -0.170. The van der Waals surface area contributed by atoms with E-state index in [4.69, 9.17) is 16.3 Å². The summed E-state index contributed by atoms with van der Waals surface area (Å²) in [6.07, 6.45) is 0.102. The van der Waals surface area contributed by atoms with Crippen molar-refractivity contribution in [3.63, 3.8) is 0 Å². The lowest BCUT2D eigenvalue weighted by atomic mass is 10.2. The molecule has 1 aliphatic heterocycles. The number of hydrogen-bond acceptors (Lipinski definition) is 4. The number of hydrogen-bond donors (Lipinski definition) is 1. The summed E-state index contributed by atoms with van der Waals surface area (Å²) < 4.78 is 5.61. The Labute approximate surface area is 172 Å². The first-order valence-electron chi connectivity index (χ1n) is 9.81. The number of rotatable bonds is 6. The molecule has 0 unspecified atom stereocenters. The van der Waals surface area contributed by atoms with E-state index in [0.29, 0.717) is 16.3 Å². The van der Waals surface area contributed by atoms with Gasteiger partial charge in [-0.15, -0.1) is 0 Å². The molecule has 0 aromatic heterocycles. The highest BCUT2D eigenvalue weighted by atomic mass is 35.5. The Morgan fingerprint density at radius 1 is 1.11 bits per heavy atom. The first kappa shape index (κ1) is 20.5. The monoisotopic (exact) mass is 401 g/mol. The van der Waals surface area contributed by atoms with Gasteiger partial charge in [0.2, 0.25) is 0 Å². The van der Waals surface area contributed by atoms with Crippen molar-refractivity contribution in [2.45, 2.75) is 26.9 Å². The molecule has 1 heterocycles. The van der Waals surface area contributed by atoms with E-state index >= 15 is 0 Å².